The molecule has 82 valence electrons. The molecule has 0 radical (unpaired) electrons. The van der Waals surface area contributed by atoms with Crippen LogP contribution in [0, 0.1) is 0 Å². The van der Waals surface area contributed by atoms with Gasteiger partial charge in [0.15, 0.2) is 5.82 Å². The van der Waals surface area contributed by atoms with Crippen LogP contribution in [0.25, 0.3) is 11.4 Å². The van der Waals surface area contributed by atoms with Crippen LogP contribution < -0.4 is 11.3 Å². The van der Waals surface area contributed by atoms with Crippen molar-refractivity contribution in [1.29, 1.82) is 0 Å². The van der Waals surface area contributed by atoms with Gasteiger partial charge >= 0.3 is 0 Å². The summed E-state index contributed by atoms with van der Waals surface area (Å²) in [6.45, 7) is 0. The molecule has 0 spiro atoms. The molecule has 4 nitrogen and oxygen atoms in total. The number of hydrogen-bond acceptors (Lipinski definition) is 4. The lowest BCUT2D eigenvalue weighted by molar-refractivity contribution is 1.15. The minimum Gasteiger partial charge on any atom is -0.308 e. The molecular weight excluding hydrogens is 247 g/mol. The lowest BCUT2D eigenvalue weighted by Crippen LogP contribution is -2.09. The molecule has 0 atom stereocenters. The third-order valence-electron chi connectivity index (χ3n) is 1.99. The molecule has 0 unspecified atom stereocenters. The third-order valence-corrected chi connectivity index (χ3v) is 2.62. The van der Waals surface area contributed by atoms with Crippen LogP contribution in [0.1, 0.15) is 0 Å². The van der Waals surface area contributed by atoms with E-state index in [0.29, 0.717) is 27.3 Å². The number of nitrogens with zero attached hydrogens (tertiary/aromatic N) is 2. The van der Waals surface area contributed by atoms with Crippen LogP contribution in [0.4, 0.5) is 5.82 Å². The van der Waals surface area contributed by atoms with E-state index in [1.165, 1.54) is 0 Å². The Morgan fingerprint density at radius 2 is 1.81 bits per heavy atom. The molecule has 0 amide bonds. The average molecular weight is 255 g/mol. The molecule has 0 fully saturated rings. The predicted octanol–water partition coefficient (Wildman–Crippen LogP) is 2.74. The molecule has 1 aromatic heterocycles. The molecule has 0 aliphatic carbocycles. The molecule has 1 aromatic carbocycles. The summed E-state index contributed by atoms with van der Waals surface area (Å²) in [5.74, 6) is 6.20. The quantitative estimate of drug-likeness (QED) is 0.639. The van der Waals surface area contributed by atoms with Crippen LogP contribution in [-0.2, 0) is 0 Å². The first kappa shape index (κ1) is 11.1. The number of anilines is 1. The SMILES string of the molecule is NNc1ccnc(-c2c(Cl)cccc2Cl)n1. The summed E-state index contributed by atoms with van der Waals surface area (Å²) in [4.78, 5) is 8.27. The Bertz CT molecular complexity index is 496. The topological polar surface area (TPSA) is 63.8 Å². The first-order valence-corrected chi connectivity index (χ1v) is 5.22. The predicted molar refractivity (Wildman–Crippen MR) is 65.3 cm³/mol. The normalized spacial score (nSPS) is 10.2. The first-order valence-electron chi connectivity index (χ1n) is 4.46. The van der Waals surface area contributed by atoms with E-state index >= 15 is 0 Å². The fourth-order valence-corrected chi connectivity index (χ4v) is 1.84. The zero-order chi connectivity index (χ0) is 11.5. The van der Waals surface area contributed by atoms with E-state index in [1.54, 1.807) is 30.5 Å². The highest BCUT2D eigenvalue weighted by molar-refractivity contribution is 6.38. The van der Waals surface area contributed by atoms with Crippen molar-refractivity contribution < 1.29 is 0 Å². The molecule has 2 rings (SSSR count). The van der Waals surface area contributed by atoms with Crippen LogP contribution in [0.5, 0.6) is 0 Å². The van der Waals surface area contributed by atoms with E-state index in [9.17, 15) is 0 Å². The second kappa shape index (κ2) is 4.65. The number of hydrazine groups is 1. The van der Waals surface area contributed by atoms with Crippen LogP contribution in [0.3, 0.4) is 0 Å². The van der Waals surface area contributed by atoms with Crippen molar-refractivity contribution in [3.8, 4) is 11.4 Å². The maximum absolute atomic E-state index is 6.04. The monoisotopic (exact) mass is 254 g/mol. The number of aromatic nitrogens is 2. The summed E-state index contributed by atoms with van der Waals surface area (Å²) in [6.07, 6.45) is 1.58. The maximum Gasteiger partial charge on any atom is 0.164 e. The van der Waals surface area contributed by atoms with Crippen molar-refractivity contribution in [3.05, 3.63) is 40.5 Å². The van der Waals surface area contributed by atoms with Gasteiger partial charge in [0.05, 0.1) is 15.6 Å². The number of nitrogen functional groups attached to an aromatic ring is 1. The molecule has 0 bridgehead atoms. The fourth-order valence-electron chi connectivity index (χ4n) is 1.27. The van der Waals surface area contributed by atoms with Gasteiger partial charge in [0.2, 0.25) is 0 Å². The number of rotatable bonds is 2. The van der Waals surface area contributed by atoms with E-state index in [0.717, 1.165) is 0 Å². The summed E-state index contributed by atoms with van der Waals surface area (Å²) in [5, 5.41) is 1.00. The molecule has 3 N–H and O–H groups in total. The molecule has 1 heterocycles. The van der Waals surface area contributed by atoms with Gasteiger partial charge in [0.25, 0.3) is 0 Å². The second-order valence-corrected chi connectivity index (χ2v) is 3.82. The molecule has 0 saturated carbocycles. The Hall–Kier alpha value is -1.36. The second-order valence-electron chi connectivity index (χ2n) is 3.01. The average Bonchev–Trinajstić information content (AvgIpc) is 2.29. The number of nitrogens with one attached hydrogen (secondary N) is 1. The standard InChI is InChI=1S/C10H8Cl2N4/c11-6-2-1-3-7(12)9(6)10-14-5-4-8(15-10)16-13/h1-5H,13H2,(H,14,15,16). The molecule has 6 heteroatoms. The minimum absolute atomic E-state index is 0.436. The number of halogens is 2. The van der Waals surface area contributed by atoms with Gasteiger partial charge in [-0.1, -0.05) is 29.3 Å². The van der Waals surface area contributed by atoms with E-state index < -0.39 is 0 Å². The van der Waals surface area contributed by atoms with Gasteiger partial charge in [0.1, 0.15) is 5.82 Å². The van der Waals surface area contributed by atoms with Crippen molar-refractivity contribution in [3.63, 3.8) is 0 Å². The lowest BCUT2D eigenvalue weighted by Gasteiger charge is -2.06. The number of benzene rings is 1. The smallest absolute Gasteiger partial charge is 0.164 e. The highest BCUT2D eigenvalue weighted by atomic mass is 35.5. The zero-order valence-electron chi connectivity index (χ0n) is 8.11. The minimum atomic E-state index is 0.436. The zero-order valence-corrected chi connectivity index (χ0v) is 9.63. The Morgan fingerprint density at radius 3 is 2.44 bits per heavy atom. The van der Waals surface area contributed by atoms with Crippen molar-refractivity contribution in [2.45, 2.75) is 0 Å². The highest BCUT2D eigenvalue weighted by Gasteiger charge is 2.11. The van der Waals surface area contributed by atoms with E-state index in [-0.39, 0.29) is 0 Å². The van der Waals surface area contributed by atoms with Gasteiger partial charge in [-0.15, -0.1) is 0 Å². The summed E-state index contributed by atoms with van der Waals surface area (Å²) >= 11 is 12.1. The summed E-state index contributed by atoms with van der Waals surface area (Å²) in [5.41, 5.74) is 3.04. The first-order chi connectivity index (χ1) is 7.72. The molecular formula is C10H8Cl2N4. The summed E-state index contributed by atoms with van der Waals surface area (Å²) in [7, 11) is 0. The van der Waals surface area contributed by atoms with Gasteiger partial charge in [-0.05, 0) is 12.1 Å². The van der Waals surface area contributed by atoms with Crippen LogP contribution in [0.2, 0.25) is 10.0 Å². The third kappa shape index (κ3) is 2.09. The van der Waals surface area contributed by atoms with Crippen molar-refractivity contribution in [1.82, 2.24) is 9.97 Å². The van der Waals surface area contributed by atoms with E-state index in [2.05, 4.69) is 15.4 Å². The van der Waals surface area contributed by atoms with Gasteiger partial charge in [-0.2, -0.15) is 0 Å². The maximum atomic E-state index is 6.04. The Labute approximate surface area is 102 Å². The molecule has 0 aliphatic heterocycles. The van der Waals surface area contributed by atoms with E-state index in [4.69, 9.17) is 29.0 Å². The Kier molecular flexibility index (Phi) is 3.24. The Morgan fingerprint density at radius 1 is 1.12 bits per heavy atom. The molecule has 2 aromatic rings. The molecule has 0 aliphatic rings. The van der Waals surface area contributed by atoms with Crippen molar-refractivity contribution in [2.75, 3.05) is 5.43 Å². The lowest BCUT2D eigenvalue weighted by atomic mass is 10.2. The van der Waals surface area contributed by atoms with Crippen molar-refractivity contribution in [2.24, 2.45) is 5.84 Å². The highest BCUT2D eigenvalue weighted by Crippen LogP contribution is 2.32. The van der Waals surface area contributed by atoms with E-state index in [1.807, 2.05) is 0 Å². The summed E-state index contributed by atoms with van der Waals surface area (Å²) < 4.78 is 0. The van der Waals surface area contributed by atoms with Crippen LogP contribution in [-0.4, -0.2) is 9.97 Å². The van der Waals surface area contributed by atoms with Crippen LogP contribution in [0.15, 0.2) is 30.5 Å². The van der Waals surface area contributed by atoms with Gasteiger partial charge in [0, 0.05) is 12.3 Å². The molecule has 16 heavy (non-hydrogen) atoms. The number of nitrogens with two attached hydrogens (primary N) is 1. The van der Waals surface area contributed by atoms with Crippen molar-refractivity contribution >= 4 is 29.0 Å². The van der Waals surface area contributed by atoms with Gasteiger partial charge < -0.3 is 5.43 Å². The van der Waals surface area contributed by atoms with Gasteiger partial charge in [-0.25, -0.2) is 15.8 Å². The summed E-state index contributed by atoms with van der Waals surface area (Å²) in [6, 6.07) is 6.87. The van der Waals surface area contributed by atoms with Crippen LogP contribution >= 0.6 is 23.2 Å². The number of hydrogen-bond donors (Lipinski definition) is 2. The van der Waals surface area contributed by atoms with Gasteiger partial charge in [-0.3, -0.25) is 0 Å². The fraction of sp³-hybridized carbons (Fsp3) is 0. The Balaban J connectivity index is 2.58. The molecule has 0 saturated heterocycles. The largest absolute Gasteiger partial charge is 0.308 e.